The van der Waals surface area contributed by atoms with Gasteiger partial charge in [-0.3, -0.25) is 0 Å². The first kappa shape index (κ1) is 16.5. The second kappa shape index (κ2) is 6.07. The zero-order valence-electron chi connectivity index (χ0n) is 13.3. The van der Waals surface area contributed by atoms with E-state index in [2.05, 4.69) is 20.8 Å². The number of hydrogen-bond acceptors (Lipinski definition) is 3. The molecule has 0 N–H and O–H groups in total. The summed E-state index contributed by atoms with van der Waals surface area (Å²) in [5, 5.41) is 0. The lowest BCUT2D eigenvalue weighted by Crippen LogP contribution is -2.34. The van der Waals surface area contributed by atoms with Crippen molar-refractivity contribution >= 4 is 10.0 Å². The van der Waals surface area contributed by atoms with Crippen LogP contribution in [0.4, 0.5) is 0 Å². The standard InChI is InChI=1S/C16H25NO3S/c1-16(2,3)13-7-9-15(10-8-13)21(18,19)17(4)12-14-6-5-11-20-14/h7-10,14H,5-6,11-12H2,1-4H3. The molecule has 1 saturated heterocycles. The van der Waals surface area contributed by atoms with Crippen LogP contribution < -0.4 is 0 Å². The van der Waals surface area contributed by atoms with Crippen molar-refractivity contribution in [3.05, 3.63) is 29.8 Å². The lowest BCUT2D eigenvalue weighted by Gasteiger charge is -2.22. The molecule has 5 heteroatoms. The Morgan fingerprint density at radius 1 is 1.24 bits per heavy atom. The molecule has 2 rings (SSSR count). The van der Waals surface area contributed by atoms with Crippen LogP contribution in [0.15, 0.2) is 29.2 Å². The van der Waals surface area contributed by atoms with Gasteiger partial charge < -0.3 is 4.74 Å². The van der Waals surface area contributed by atoms with Gasteiger partial charge in [0.2, 0.25) is 10.0 Å². The van der Waals surface area contributed by atoms with Crippen molar-refractivity contribution in [2.45, 2.75) is 50.0 Å². The quantitative estimate of drug-likeness (QED) is 0.859. The highest BCUT2D eigenvalue weighted by Gasteiger charge is 2.26. The second-order valence-corrected chi connectivity index (χ2v) is 8.74. The van der Waals surface area contributed by atoms with E-state index in [0.717, 1.165) is 25.0 Å². The molecule has 0 bridgehead atoms. The van der Waals surface area contributed by atoms with E-state index in [1.807, 2.05) is 12.1 Å². The van der Waals surface area contributed by atoms with Crippen LogP contribution >= 0.6 is 0 Å². The van der Waals surface area contributed by atoms with Crippen LogP contribution in [-0.4, -0.2) is 39.0 Å². The van der Waals surface area contributed by atoms with Gasteiger partial charge in [-0.1, -0.05) is 32.9 Å². The van der Waals surface area contributed by atoms with E-state index in [0.29, 0.717) is 11.4 Å². The molecule has 1 unspecified atom stereocenters. The Bertz CT molecular complexity index is 567. The summed E-state index contributed by atoms with van der Waals surface area (Å²) in [5.74, 6) is 0. The number of rotatable bonds is 4. The maximum Gasteiger partial charge on any atom is 0.242 e. The summed E-state index contributed by atoms with van der Waals surface area (Å²) in [5.41, 5.74) is 1.15. The van der Waals surface area contributed by atoms with Crippen molar-refractivity contribution in [3.63, 3.8) is 0 Å². The van der Waals surface area contributed by atoms with Gasteiger partial charge in [0, 0.05) is 20.2 Å². The minimum Gasteiger partial charge on any atom is -0.377 e. The van der Waals surface area contributed by atoms with Crippen LogP contribution in [0.3, 0.4) is 0 Å². The molecule has 21 heavy (non-hydrogen) atoms. The second-order valence-electron chi connectivity index (χ2n) is 6.69. The molecular weight excluding hydrogens is 286 g/mol. The maximum absolute atomic E-state index is 12.6. The van der Waals surface area contributed by atoms with E-state index < -0.39 is 10.0 Å². The van der Waals surface area contributed by atoms with Crippen molar-refractivity contribution < 1.29 is 13.2 Å². The SMILES string of the molecule is CN(CC1CCCO1)S(=O)(=O)c1ccc(C(C)(C)C)cc1. The summed E-state index contributed by atoms with van der Waals surface area (Å²) in [7, 11) is -1.82. The number of likely N-dealkylation sites (N-methyl/N-ethyl adjacent to an activating group) is 1. The van der Waals surface area contributed by atoms with Gasteiger partial charge in [0.15, 0.2) is 0 Å². The van der Waals surface area contributed by atoms with Crippen molar-refractivity contribution in [2.24, 2.45) is 0 Å². The molecule has 1 aliphatic heterocycles. The Kier molecular flexibility index (Phi) is 4.76. The van der Waals surface area contributed by atoms with Crippen molar-refractivity contribution in [1.29, 1.82) is 0 Å². The van der Waals surface area contributed by atoms with Crippen molar-refractivity contribution in [3.8, 4) is 0 Å². The number of nitrogens with zero attached hydrogens (tertiary/aromatic N) is 1. The Balaban J connectivity index is 2.14. The normalized spacial score (nSPS) is 20.1. The highest BCUT2D eigenvalue weighted by molar-refractivity contribution is 7.89. The average Bonchev–Trinajstić information content (AvgIpc) is 2.90. The summed E-state index contributed by atoms with van der Waals surface area (Å²) in [6.07, 6.45) is 1.97. The molecule has 0 spiro atoms. The summed E-state index contributed by atoms with van der Waals surface area (Å²) in [4.78, 5) is 0.344. The van der Waals surface area contributed by atoms with E-state index in [-0.39, 0.29) is 11.5 Å². The number of hydrogen-bond donors (Lipinski definition) is 0. The highest BCUT2D eigenvalue weighted by Crippen LogP contribution is 2.25. The third-order valence-electron chi connectivity index (χ3n) is 3.91. The fourth-order valence-electron chi connectivity index (χ4n) is 2.48. The van der Waals surface area contributed by atoms with Gasteiger partial charge in [-0.15, -0.1) is 0 Å². The fraction of sp³-hybridized carbons (Fsp3) is 0.625. The Morgan fingerprint density at radius 3 is 2.33 bits per heavy atom. The Hall–Kier alpha value is -0.910. The lowest BCUT2D eigenvalue weighted by molar-refractivity contribution is 0.0979. The van der Waals surface area contributed by atoms with Crippen LogP contribution in [0.2, 0.25) is 0 Å². The topological polar surface area (TPSA) is 46.6 Å². The van der Waals surface area contributed by atoms with E-state index in [9.17, 15) is 8.42 Å². The van der Waals surface area contributed by atoms with E-state index in [1.165, 1.54) is 4.31 Å². The highest BCUT2D eigenvalue weighted by atomic mass is 32.2. The van der Waals surface area contributed by atoms with Gasteiger partial charge in [0.05, 0.1) is 11.0 Å². The van der Waals surface area contributed by atoms with E-state index in [1.54, 1.807) is 19.2 Å². The Morgan fingerprint density at radius 2 is 1.86 bits per heavy atom. The van der Waals surface area contributed by atoms with Gasteiger partial charge in [0.1, 0.15) is 0 Å². The third-order valence-corrected chi connectivity index (χ3v) is 5.75. The lowest BCUT2D eigenvalue weighted by atomic mass is 9.87. The van der Waals surface area contributed by atoms with Gasteiger partial charge in [-0.05, 0) is 36.0 Å². The predicted octanol–water partition coefficient (Wildman–Crippen LogP) is 2.78. The van der Waals surface area contributed by atoms with Crippen molar-refractivity contribution in [2.75, 3.05) is 20.2 Å². The maximum atomic E-state index is 12.6. The summed E-state index contributed by atoms with van der Waals surface area (Å²) in [6.45, 7) is 7.49. The minimum absolute atomic E-state index is 0.0197. The van der Waals surface area contributed by atoms with Crippen molar-refractivity contribution in [1.82, 2.24) is 4.31 Å². The molecule has 0 aromatic heterocycles. The molecule has 118 valence electrons. The molecule has 1 aromatic rings. The van der Waals surface area contributed by atoms with Crippen LogP contribution in [-0.2, 0) is 20.2 Å². The molecule has 1 aromatic carbocycles. The first-order chi connectivity index (χ1) is 9.71. The predicted molar refractivity (Wildman–Crippen MR) is 83.9 cm³/mol. The molecule has 0 radical (unpaired) electrons. The van der Waals surface area contributed by atoms with Gasteiger partial charge in [-0.2, -0.15) is 4.31 Å². The zero-order valence-corrected chi connectivity index (χ0v) is 14.1. The monoisotopic (exact) mass is 311 g/mol. The molecule has 1 atom stereocenters. The largest absolute Gasteiger partial charge is 0.377 e. The molecule has 0 saturated carbocycles. The molecule has 1 fully saturated rings. The van der Waals surface area contributed by atoms with Crippen LogP contribution in [0.25, 0.3) is 0 Å². The average molecular weight is 311 g/mol. The molecule has 4 nitrogen and oxygen atoms in total. The molecular formula is C16H25NO3S. The summed E-state index contributed by atoms with van der Waals surface area (Å²) < 4.78 is 32.0. The summed E-state index contributed by atoms with van der Waals surface area (Å²) in [6, 6.07) is 7.18. The third kappa shape index (κ3) is 3.84. The molecule has 1 aliphatic rings. The van der Waals surface area contributed by atoms with E-state index in [4.69, 9.17) is 4.74 Å². The van der Waals surface area contributed by atoms with Crippen LogP contribution in [0.5, 0.6) is 0 Å². The van der Waals surface area contributed by atoms with Crippen LogP contribution in [0.1, 0.15) is 39.2 Å². The molecule has 0 aliphatic carbocycles. The zero-order chi connectivity index (χ0) is 15.7. The van der Waals surface area contributed by atoms with Gasteiger partial charge >= 0.3 is 0 Å². The van der Waals surface area contributed by atoms with E-state index >= 15 is 0 Å². The van der Waals surface area contributed by atoms with Gasteiger partial charge in [0.25, 0.3) is 0 Å². The summed E-state index contributed by atoms with van der Waals surface area (Å²) >= 11 is 0. The number of sulfonamides is 1. The van der Waals surface area contributed by atoms with Gasteiger partial charge in [-0.25, -0.2) is 8.42 Å². The first-order valence-electron chi connectivity index (χ1n) is 7.40. The molecule has 1 heterocycles. The fourth-order valence-corrected chi connectivity index (χ4v) is 3.68. The smallest absolute Gasteiger partial charge is 0.242 e. The Labute approximate surface area is 128 Å². The molecule has 0 amide bonds. The first-order valence-corrected chi connectivity index (χ1v) is 8.84. The number of benzene rings is 1. The van der Waals surface area contributed by atoms with Crippen LogP contribution in [0, 0.1) is 0 Å². The minimum atomic E-state index is -3.44. The number of ether oxygens (including phenoxy) is 1.